The normalized spacial score (nSPS) is 13.5. The highest BCUT2D eigenvalue weighted by Crippen LogP contribution is 2.32. The van der Waals surface area contributed by atoms with Gasteiger partial charge in [0.2, 0.25) is 16.0 Å². The molecule has 0 aliphatic carbocycles. The number of benzene rings is 1. The molecule has 1 aromatic carbocycles. The number of aromatic nitrogens is 3. The second-order valence-electron chi connectivity index (χ2n) is 7.19. The molecule has 3 N–H and O–H groups in total. The molecule has 0 radical (unpaired) electrons. The molecule has 10 heteroatoms. The number of nitrogens with one attached hydrogen (secondary N) is 3. The first kappa shape index (κ1) is 19.9. The quantitative estimate of drug-likeness (QED) is 0.577. The fourth-order valence-electron chi connectivity index (χ4n) is 3.77. The molecular formula is C20H22N6O3S. The van der Waals surface area contributed by atoms with Crippen LogP contribution in [0.4, 0.5) is 17.3 Å². The number of carbonyl (C=O) groups is 1. The van der Waals surface area contributed by atoms with E-state index >= 15 is 0 Å². The van der Waals surface area contributed by atoms with Crippen LogP contribution in [0.1, 0.15) is 21.7 Å². The maximum absolute atomic E-state index is 12.3. The lowest BCUT2D eigenvalue weighted by atomic mass is 10.1. The van der Waals surface area contributed by atoms with Crippen LogP contribution in [0.2, 0.25) is 0 Å². The fraction of sp³-hybridized carbons (Fsp3) is 0.250. The summed E-state index contributed by atoms with van der Waals surface area (Å²) in [6.45, 7) is 5.24. The number of anilines is 3. The van der Waals surface area contributed by atoms with E-state index in [0.29, 0.717) is 35.3 Å². The molecule has 0 fully saturated rings. The molecule has 156 valence electrons. The molecule has 9 nitrogen and oxygen atoms in total. The van der Waals surface area contributed by atoms with Crippen LogP contribution in [-0.4, -0.2) is 41.7 Å². The lowest BCUT2D eigenvalue weighted by Gasteiger charge is -2.17. The van der Waals surface area contributed by atoms with Gasteiger partial charge in [0.1, 0.15) is 5.69 Å². The Morgan fingerprint density at radius 1 is 1.17 bits per heavy atom. The van der Waals surface area contributed by atoms with Gasteiger partial charge in [0.15, 0.2) is 0 Å². The molecule has 1 aliphatic heterocycles. The standard InChI is InChI=1S/C20H22N6O3S/c1-12-17(13(2)26-10-9-21-19(27)18(12)26)16-7-8-22-20(24-16)23-14-5-4-6-15(11-14)25-30(3,28)29/h4-8,11,25H,9-10H2,1-3H3,(H,21,27)(H,22,23,24). The largest absolute Gasteiger partial charge is 0.349 e. The zero-order valence-electron chi connectivity index (χ0n) is 16.9. The van der Waals surface area contributed by atoms with Gasteiger partial charge < -0.3 is 15.2 Å². The predicted molar refractivity (Wildman–Crippen MR) is 115 cm³/mol. The lowest BCUT2D eigenvalue weighted by Crippen LogP contribution is -2.35. The van der Waals surface area contributed by atoms with Gasteiger partial charge in [-0.15, -0.1) is 0 Å². The minimum absolute atomic E-state index is 0.0734. The summed E-state index contributed by atoms with van der Waals surface area (Å²) in [6, 6.07) is 8.66. The third-order valence-corrected chi connectivity index (χ3v) is 5.54. The molecule has 4 rings (SSSR count). The lowest BCUT2D eigenvalue weighted by molar-refractivity contribution is 0.0926. The van der Waals surface area contributed by atoms with Crippen LogP contribution >= 0.6 is 0 Å². The summed E-state index contributed by atoms with van der Waals surface area (Å²) in [5.74, 6) is 0.298. The van der Waals surface area contributed by atoms with Crippen molar-refractivity contribution in [3.63, 3.8) is 0 Å². The van der Waals surface area contributed by atoms with Gasteiger partial charge in [0, 0.05) is 36.2 Å². The molecule has 2 aromatic heterocycles. The zero-order valence-corrected chi connectivity index (χ0v) is 17.7. The van der Waals surface area contributed by atoms with Crippen LogP contribution < -0.4 is 15.4 Å². The maximum atomic E-state index is 12.3. The highest BCUT2D eigenvalue weighted by atomic mass is 32.2. The molecule has 1 aliphatic rings. The average molecular weight is 427 g/mol. The second kappa shape index (κ2) is 7.45. The molecule has 0 saturated heterocycles. The van der Waals surface area contributed by atoms with E-state index in [1.54, 1.807) is 30.5 Å². The summed E-state index contributed by atoms with van der Waals surface area (Å²) >= 11 is 0. The Bertz CT molecular complexity index is 1250. The van der Waals surface area contributed by atoms with Crippen LogP contribution in [0.3, 0.4) is 0 Å². The van der Waals surface area contributed by atoms with Crippen molar-refractivity contribution in [3.8, 4) is 11.3 Å². The molecule has 1 amide bonds. The third-order valence-electron chi connectivity index (χ3n) is 4.94. The van der Waals surface area contributed by atoms with Crippen molar-refractivity contribution in [2.45, 2.75) is 20.4 Å². The van der Waals surface area contributed by atoms with E-state index in [4.69, 9.17) is 0 Å². The van der Waals surface area contributed by atoms with Crippen molar-refractivity contribution in [2.24, 2.45) is 0 Å². The Morgan fingerprint density at radius 3 is 2.67 bits per heavy atom. The first-order valence-electron chi connectivity index (χ1n) is 9.39. The van der Waals surface area contributed by atoms with E-state index in [2.05, 4.69) is 25.3 Å². The van der Waals surface area contributed by atoms with E-state index < -0.39 is 10.0 Å². The predicted octanol–water partition coefficient (Wildman–Crippen LogP) is 2.42. The van der Waals surface area contributed by atoms with Gasteiger partial charge in [0.05, 0.1) is 17.6 Å². The summed E-state index contributed by atoms with van der Waals surface area (Å²) < 4.78 is 27.4. The molecule has 3 aromatic rings. The molecule has 3 heterocycles. The summed E-state index contributed by atoms with van der Waals surface area (Å²) in [4.78, 5) is 21.2. The number of carbonyl (C=O) groups excluding carboxylic acids is 1. The van der Waals surface area contributed by atoms with E-state index in [9.17, 15) is 13.2 Å². The Balaban J connectivity index is 1.67. The third kappa shape index (κ3) is 3.86. The second-order valence-corrected chi connectivity index (χ2v) is 8.94. The number of hydrogen-bond donors (Lipinski definition) is 3. The van der Waals surface area contributed by atoms with Gasteiger partial charge in [-0.25, -0.2) is 18.4 Å². The van der Waals surface area contributed by atoms with Crippen LogP contribution in [0.25, 0.3) is 11.3 Å². The van der Waals surface area contributed by atoms with Crippen molar-refractivity contribution in [2.75, 3.05) is 22.8 Å². The molecule has 0 unspecified atom stereocenters. The van der Waals surface area contributed by atoms with Gasteiger partial charge in [-0.05, 0) is 43.7 Å². The highest BCUT2D eigenvalue weighted by molar-refractivity contribution is 7.92. The highest BCUT2D eigenvalue weighted by Gasteiger charge is 2.26. The van der Waals surface area contributed by atoms with Crippen molar-refractivity contribution >= 4 is 33.3 Å². The van der Waals surface area contributed by atoms with Crippen molar-refractivity contribution in [1.82, 2.24) is 19.9 Å². The number of amides is 1. The first-order valence-corrected chi connectivity index (χ1v) is 11.3. The first-order chi connectivity index (χ1) is 14.2. The van der Waals surface area contributed by atoms with Crippen LogP contribution in [-0.2, 0) is 16.6 Å². The number of rotatable bonds is 5. The topological polar surface area (TPSA) is 118 Å². The summed E-state index contributed by atoms with van der Waals surface area (Å²) in [6.07, 6.45) is 2.75. The minimum atomic E-state index is -3.37. The van der Waals surface area contributed by atoms with Gasteiger partial charge >= 0.3 is 0 Å². The number of hydrogen-bond acceptors (Lipinski definition) is 6. The van der Waals surface area contributed by atoms with Gasteiger partial charge in [-0.1, -0.05) is 6.07 Å². The molecule has 30 heavy (non-hydrogen) atoms. The molecule has 0 spiro atoms. The van der Waals surface area contributed by atoms with Gasteiger partial charge in [0.25, 0.3) is 5.91 Å². The SMILES string of the molecule is Cc1c(-c2ccnc(Nc3cccc(NS(C)(=O)=O)c3)n2)c(C)n2c1C(=O)NCC2. The summed E-state index contributed by atoms with van der Waals surface area (Å²) in [5, 5.41) is 5.99. The minimum Gasteiger partial charge on any atom is -0.349 e. The number of sulfonamides is 1. The van der Waals surface area contributed by atoms with E-state index in [1.807, 2.05) is 24.5 Å². The van der Waals surface area contributed by atoms with Crippen LogP contribution in [0, 0.1) is 13.8 Å². The van der Waals surface area contributed by atoms with Crippen LogP contribution in [0.15, 0.2) is 36.5 Å². The maximum Gasteiger partial charge on any atom is 0.268 e. The fourth-order valence-corrected chi connectivity index (χ4v) is 4.33. The molecular weight excluding hydrogens is 404 g/mol. The van der Waals surface area contributed by atoms with E-state index in [-0.39, 0.29) is 5.91 Å². The average Bonchev–Trinajstić information content (AvgIpc) is 2.92. The number of nitrogens with zero attached hydrogens (tertiary/aromatic N) is 3. The van der Waals surface area contributed by atoms with Gasteiger partial charge in [-0.3, -0.25) is 9.52 Å². The van der Waals surface area contributed by atoms with Crippen LogP contribution in [0.5, 0.6) is 0 Å². The Labute approximate surface area is 174 Å². The zero-order chi connectivity index (χ0) is 21.5. The Morgan fingerprint density at radius 2 is 1.93 bits per heavy atom. The van der Waals surface area contributed by atoms with E-state index in [1.165, 1.54) is 0 Å². The smallest absolute Gasteiger partial charge is 0.268 e. The molecule has 0 saturated carbocycles. The van der Waals surface area contributed by atoms with Crippen molar-refractivity contribution < 1.29 is 13.2 Å². The van der Waals surface area contributed by atoms with E-state index in [0.717, 1.165) is 29.6 Å². The number of fused-ring (bicyclic) bond motifs is 1. The molecule has 0 atom stereocenters. The summed E-state index contributed by atoms with van der Waals surface area (Å²) in [5.41, 5.74) is 5.25. The monoisotopic (exact) mass is 426 g/mol. The van der Waals surface area contributed by atoms with Crippen molar-refractivity contribution in [1.29, 1.82) is 0 Å². The Hall–Kier alpha value is -3.40. The van der Waals surface area contributed by atoms with Gasteiger partial charge in [-0.2, -0.15) is 0 Å². The Kier molecular flexibility index (Phi) is 4.94. The summed E-state index contributed by atoms with van der Waals surface area (Å²) in [7, 11) is -3.37. The van der Waals surface area contributed by atoms with Crippen molar-refractivity contribution in [3.05, 3.63) is 53.5 Å². The molecule has 0 bridgehead atoms.